The summed E-state index contributed by atoms with van der Waals surface area (Å²) in [5.74, 6) is -0.571. The third-order valence-corrected chi connectivity index (χ3v) is 8.89. The normalized spacial score (nSPS) is 18.0. The SMILES string of the molecule is CC1=C(C(=O)Nc2ccccc2)[C@H](c2cccs2)n2c(s/c(=C3\C(=O)N(C)c4ccc(Br)cc43)c2=O)=N1. The standard InChI is InChI=1S/C27H19BrN4O3S2/c1-14-20(24(33)30-16-7-4-3-5-8-16)22(19-9-6-12-36-19)32-26(35)23(37-27(32)29-14)21-17-13-15(28)10-11-18(17)31(2)25(21)34/h3-13,22H,1-2H3,(H,30,33)/b23-21-/t22-/m0/s1. The van der Waals surface area contributed by atoms with Crippen molar-refractivity contribution < 1.29 is 9.59 Å². The lowest BCUT2D eigenvalue weighted by Gasteiger charge is -2.24. The Bertz CT molecular complexity index is 1800. The lowest BCUT2D eigenvalue weighted by molar-refractivity contribution is -0.113. The van der Waals surface area contributed by atoms with Gasteiger partial charge in [-0.1, -0.05) is 51.5 Å². The molecule has 7 nitrogen and oxygen atoms in total. The molecule has 4 heterocycles. The van der Waals surface area contributed by atoms with Crippen LogP contribution >= 0.6 is 38.6 Å². The molecule has 184 valence electrons. The van der Waals surface area contributed by atoms with E-state index in [4.69, 9.17) is 0 Å². The van der Waals surface area contributed by atoms with Crippen molar-refractivity contribution in [3.05, 3.63) is 112 Å². The van der Waals surface area contributed by atoms with E-state index in [1.54, 1.807) is 23.4 Å². The van der Waals surface area contributed by atoms with E-state index in [-0.39, 0.29) is 17.4 Å². The number of aromatic nitrogens is 1. The quantitative estimate of drug-likeness (QED) is 0.391. The number of amides is 2. The fourth-order valence-corrected chi connectivity index (χ4v) is 7.03. The van der Waals surface area contributed by atoms with Crippen LogP contribution in [-0.2, 0) is 9.59 Å². The van der Waals surface area contributed by atoms with Gasteiger partial charge in [0.15, 0.2) is 4.80 Å². The van der Waals surface area contributed by atoms with E-state index in [0.29, 0.717) is 37.4 Å². The Morgan fingerprint density at radius 2 is 1.86 bits per heavy atom. The van der Waals surface area contributed by atoms with Crippen molar-refractivity contribution in [2.45, 2.75) is 13.0 Å². The Balaban J connectivity index is 1.58. The Kier molecular flexibility index (Phi) is 5.82. The minimum atomic E-state index is -0.662. The number of carbonyl (C=O) groups excluding carboxylic acids is 2. The molecular weight excluding hydrogens is 572 g/mol. The highest BCUT2D eigenvalue weighted by atomic mass is 79.9. The van der Waals surface area contributed by atoms with Gasteiger partial charge >= 0.3 is 0 Å². The molecule has 2 aromatic carbocycles. The maximum Gasteiger partial charge on any atom is 0.272 e. The summed E-state index contributed by atoms with van der Waals surface area (Å²) in [4.78, 5) is 48.4. The molecule has 1 N–H and O–H groups in total. The van der Waals surface area contributed by atoms with Crippen molar-refractivity contribution in [2.24, 2.45) is 4.99 Å². The van der Waals surface area contributed by atoms with Gasteiger partial charge in [-0.15, -0.1) is 11.3 Å². The summed E-state index contributed by atoms with van der Waals surface area (Å²) in [5.41, 5.74) is 3.02. The largest absolute Gasteiger partial charge is 0.322 e. The molecule has 2 amide bonds. The van der Waals surface area contributed by atoms with Crippen LogP contribution in [0.3, 0.4) is 0 Å². The molecule has 6 rings (SSSR count). The third kappa shape index (κ3) is 3.83. The second-order valence-electron chi connectivity index (χ2n) is 8.64. The van der Waals surface area contributed by atoms with Crippen LogP contribution < -0.4 is 25.1 Å². The lowest BCUT2D eigenvalue weighted by Crippen LogP contribution is -2.41. The van der Waals surface area contributed by atoms with Gasteiger partial charge in [-0.3, -0.25) is 19.0 Å². The van der Waals surface area contributed by atoms with Gasteiger partial charge in [0.1, 0.15) is 10.6 Å². The van der Waals surface area contributed by atoms with E-state index < -0.39 is 6.04 Å². The molecule has 0 spiro atoms. The summed E-state index contributed by atoms with van der Waals surface area (Å²) < 4.78 is 2.67. The summed E-state index contributed by atoms with van der Waals surface area (Å²) >= 11 is 6.13. The van der Waals surface area contributed by atoms with Crippen LogP contribution in [0.2, 0.25) is 0 Å². The Labute approximate surface area is 227 Å². The first-order valence-electron chi connectivity index (χ1n) is 11.4. The van der Waals surface area contributed by atoms with Crippen LogP contribution in [0.1, 0.15) is 23.4 Å². The molecule has 0 aliphatic carbocycles. The summed E-state index contributed by atoms with van der Waals surface area (Å²) in [7, 11) is 1.70. The molecule has 0 saturated heterocycles. The molecule has 0 unspecified atom stereocenters. The number of thiazole rings is 1. The number of nitrogens with zero attached hydrogens (tertiary/aromatic N) is 3. The van der Waals surface area contributed by atoms with Crippen LogP contribution in [0.15, 0.2) is 91.6 Å². The summed E-state index contributed by atoms with van der Waals surface area (Å²) in [6, 6.07) is 17.9. The van der Waals surface area contributed by atoms with E-state index in [0.717, 1.165) is 15.0 Å². The van der Waals surface area contributed by atoms with Crippen LogP contribution in [0.4, 0.5) is 11.4 Å². The molecule has 10 heteroatoms. The molecule has 0 bridgehead atoms. The molecule has 0 fully saturated rings. The highest BCUT2D eigenvalue weighted by molar-refractivity contribution is 9.10. The Hall–Kier alpha value is -3.60. The van der Waals surface area contributed by atoms with Crippen molar-refractivity contribution in [2.75, 3.05) is 17.3 Å². The van der Waals surface area contributed by atoms with E-state index >= 15 is 0 Å². The summed E-state index contributed by atoms with van der Waals surface area (Å²) in [5, 5.41) is 4.86. The molecule has 0 saturated carbocycles. The number of allylic oxidation sites excluding steroid dienone is 1. The fraction of sp³-hybridized carbons (Fsp3) is 0.111. The van der Waals surface area contributed by atoms with Gasteiger partial charge in [-0.2, -0.15) is 0 Å². The second kappa shape index (κ2) is 9.05. The van der Waals surface area contributed by atoms with Crippen LogP contribution in [0, 0.1) is 0 Å². The van der Waals surface area contributed by atoms with Gasteiger partial charge in [-0.05, 0) is 48.7 Å². The molecule has 2 aromatic heterocycles. The van der Waals surface area contributed by atoms with E-state index in [9.17, 15) is 14.4 Å². The zero-order valence-corrected chi connectivity index (χ0v) is 22.9. The number of anilines is 2. The van der Waals surface area contributed by atoms with Crippen LogP contribution in [0.25, 0.3) is 5.57 Å². The van der Waals surface area contributed by atoms with Crippen molar-refractivity contribution in [1.82, 2.24) is 4.57 Å². The zero-order valence-electron chi connectivity index (χ0n) is 19.7. The molecule has 2 aliphatic heterocycles. The first-order chi connectivity index (χ1) is 17.8. The molecule has 37 heavy (non-hydrogen) atoms. The van der Waals surface area contributed by atoms with Crippen LogP contribution in [0.5, 0.6) is 0 Å². The molecule has 1 atom stereocenters. The number of hydrogen-bond acceptors (Lipinski definition) is 6. The molecule has 0 radical (unpaired) electrons. The predicted molar refractivity (Wildman–Crippen MR) is 150 cm³/mol. The molecule has 2 aliphatic rings. The minimum Gasteiger partial charge on any atom is -0.322 e. The van der Waals surface area contributed by atoms with Gasteiger partial charge in [0, 0.05) is 27.6 Å². The smallest absolute Gasteiger partial charge is 0.272 e. The topological polar surface area (TPSA) is 83.8 Å². The molecular formula is C27H19BrN4O3S2. The van der Waals surface area contributed by atoms with Gasteiger partial charge in [0.05, 0.1) is 22.5 Å². The maximum atomic E-state index is 14.0. The average Bonchev–Trinajstić information content (AvgIpc) is 3.57. The monoisotopic (exact) mass is 590 g/mol. The number of halogens is 1. The Morgan fingerprint density at radius 3 is 2.59 bits per heavy atom. The number of carbonyl (C=O) groups is 2. The van der Waals surface area contributed by atoms with Crippen molar-refractivity contribution in [3.63, 3.8) is 0 Å². The number of para-hydroxylation sites is 1. The zero-order chi connectivity index (χ0) is 25.8. The highest BCUT2D eigenvalue weighted by Crippen LogP contribution is 2.37. The number of likely N-dealkylation sites (N-methyl/N-ethyl adjacent to an activating group) is 1. The van der Waals surface area contributed by atoms with E-state index in [2.05, 4.69) is 26.2 Å². The third-order valence-electron chi connectivity index (χ3n) is 6.42. The Morgan fingerprint density at radius 1 is 1.08 bits per heavy atom. The van der Waals surface area contributed by atoms with Gasteiger partial charge < -0.3 is 10.2 Å². The second-order valence-corrected chi connectivity index (χ2v) is 11.5. The number of nitrogens with one attached hydrogen (secondary N) is 1. The average molecular weight is 592 g/mol. The minimum absolute atomic E-state index is 0.246. The number of thiophene rings is 1. The highest BCUT2D eigenvalue weighted by Gasteiger charge is 2.36. The summed E-state index contributed by atoms with van der Waals surface area (Å²) in [6.45, 7) is 1.78. The maximum absolute atomic E-state index is 14.0. The lowest BCUT2D eigenvalue weighted by atomic mass is 10.0. The number of rotatable bonds is 3. The van der Waals surface area contributed by atoms with Gasteiger partial charge in [-0.25, -0.2) is 4.99 Å². The van der Waals surface area contributed by atoms with Gasteiger partial charge in [0.25, 0.3) is 17.4 Å². The first kappa shape index (κ1) is 23.8. The first-order valence-corrected chi connectivity index (χ1v) is 13.9. The van der Waals surface area contributed by atoms with Crippen molar-refractivity contribution in [3.8, 4) is 0 Å². The van der Waals surface area contributed by atoms with E-state index in [1.807, 2.05) is 66.0 Å². The van der Waals surface area contributed by atoms with Crippen molar-refractivity contribution in [1.29, 1.82) is 0 Å². The molecule has 4 aromatic rings. The van der Waals surface area contributed by atoms with Crippen molar-refractivity contribution >= 4 is 67.4 Å². The number of hydrogen-bond donors (Lipinski definition) is 1. The van der Waals surface area contributed by atoms with E-state index in [1.165, 1.54) is 22.7 Å². The van der Waals surface area contributed by atoms with Crippen LogP contribution in [-0.4, -0.2) is 23.4 Å². The number of benzene rings is 2. The summed E-state index contributed by atoms with van der Waals surface area (Å²) in [6.07, 6.45) is 0. The number of fused-ring (bicyclic) bond motifs is 2. The van der Waals surface area contributed by atoms with Gasteiger partial charge in [0.2, 0.25) is 0 Å². The predicted octanol–water partition coefficient (Wildman–Crippen LogP) is 4.04. The fourth-order valence-electron chi connectivity index (χ4n) is 4.71.